The number of nitrogens with two attached hydrogens (primary N) is 1. The predicted octanol–water partition coefficient (Wildman–Crippen LogP) is 4.66. The molecule has 0 aliphatic heterocycles. The van der Waals surface area contributed by atoms with Gasteiger partial charge in [-0.1, -0.05) is 41.9 Å². The van der Waals surface area contributed by atoms with Crippen LogP contribution in [0.1, 0.15) is 5.56 Å². The number of benzene rings is 2. The summed E-state index contributed by atoms with van der Waals surface area (Å²) in [5.74, 6) is -0.364. The lowest BCUT2D eigenvalue weighted by Gasteiger charge is -2.11. The van der Waals surface area contributed by atoms with Crippen LogP contribution in [0.2, 0.25) is 5.02 Å². The Balaban J connectivity index is 2.30. The molecule has 0 fully saturated rings. The van der Waals surface area contributed by atoms with Crippen LogP contribution in [0.5, 0.6) is 0 Å². The minimum Gasteiger partial charge on any atom is -0.383 e. The molecule has 0 radical (unpaired) electrons. The van der Waals surface area contributed by atoms with Crippen LogP contribution in [0.15, 0.2) is 54.6 Å². The molecule has 3 nitrogen and oxygen atoms in total. The first-order chi connectivity index (χ1) is 11.1. The zero-order chi connectivity index (χ0) is 16.4. The molecule has 23 heavy (non-hydrogen) atoms. The number of hydrogen-bond acceptors (Lipinski definition) is 3. The quantitative estimate of drug-likeness (QED) is 0.746. The topological polar surface area (TPSA) is 62.7 Å². The highest BCUT2D eigenvalue weighted by Crippen LogP contribution is 2.35. The van der Waals surface area contributed by atoms with Gasteiger partial charge in [0, 0.05) is 21.7 Å². The van der Waals surface area contributed by atoms with E-state index >= 15 is 0 Å². The smallest absolute Gasteiger partial charge is 0.142 e. The van der Waals surface area contributed by atoms with Gasteiger partial charge in [-0.25, -0.2) is 9.37 Å². The maximum absolute atomic E-state index is 14.0. The molecule has 0 unspecified atom stereocenters. The zero-order valence-corrected chi connectivity index (χ0v) is 12.7. The monoisotopic (exact) mass is 323 g/mol. The summed E-state index contributed by atoms with van der Waals surface area (Å²) in [5.41, 5.74) is 7.98. The van der Waals surface area contributed by atoms with E-state index in [9.17, 15) is 9.65 Å². The lowest BCUT2D eigenvalue weighted by Crippen LogP contribution is -2.00. The number of hydrogen-bond donors (Lipinski definition) is 1. The van der Waals surface area contributed by atoms with Crippen molar-refractivity contribution in [1.29, 1.82) is 5.26 Å². The first kappa shape index (κ1) is 15.0. The van der Waals surface area contributed by atoms with Crippen LogP contribution in [0, 0.1) is 17.1 Å². The SMILES string of the molecule is N#Cc1c(-c2ccccc2Cl)cc(-c2ccccc2F)nc1N. The van der Waals surface area contributed by atoms with E-state index in [1.807, 2.05) is 12.1 Å². The molecule has 0 saturated carbocycles. The number of halogens is 2. The first-order valence-corrected chi connectivity index (χ1v) is 7.20. The molecule has 1 heterocycles. The number of anilines is 1. The third-order valence-corrected chi connectivity index (χ3v) is 3.80. The molecule has 0 saturated heterocycles. The molecular formula is C18H11ClFN3. The number of nitriles is 1. The molecule has 0 amide bonds. The van der Waals surface area contributed by atoms with Crippen molar-refractivity contribution in [2.75, 3.05) is 5.73 Å². The fourth-order valence-corrected chi connectivity index (χ4v) is 2.62. The van der Waals surface area contributed by atoms with E-state index in [0.717, 1.165) is 0 Å². The summed E-state index contributed by atoms with van der Waals surface area (Å²) < 4.78 is 14.0. The highest BCUT2D eigenvalue weighted by Gasteiger charge is 2.16. The normalized spacial score (nSPS) is 10.3. The summed E-state index contributed by atoms with van der Waals surface area (Å²) in [6.45, 7) is 0. The number of pyridine rings is 1. The van der Waals surface area contributed by atoms with Gasteiger partial charge in [0.05, 0.1) is 5.69 Å². The van der Waals surface area contributed by atoms with Crippen molar-refractivity contribution >= 4 is 17.4 Å². The van der Waals surface area contributed by atoms with Crippen molar-refractivity contribution in [3.8, 4) is 28.5 Å². The highest BCUT2D eigenvalue weighted by atomic mass is 35.5. The molecule has 2 aromatic carbocycles. The molecule has 112 valence electrons. The Hall–Kier alpha value is -2.90. The highest BCUT2D eigenvalue weighted by molar-refractivity contribution is 6.33. The van der Waals surface area contributed by atoms with Crippen LogP contribution in [-0.2, 0) is 0 Å². The standard InChI is InChI=1S/C18H11ClFN3/c19-15-7-3-1-5-11(15)13-9-17(23-18(22)14(13)10-21)12-6-2-4-8-16(12)20/h1-9H,(H2,22,23). The first-order valence-electron chi connectivity index (χ1n) is 6.82. The average molecular weight is 324 g/mol. The van der Waals surface area contributed by atoms with E-state index < -0.39 is 5.82 Å². The lowest BCUT2D eigenvalue weighted by molar-refractivity contribution is 0.631. The summed E-state index contributed by atoms with van der Waals surface area (Å²) in [6.07, 6.45) is 0. The van der Waals surface area contributed by atoms with Gasteiger partial charge in [0.15, 0.2) is 0 Å². The van der Waals surface area contributed by atoms with Crippen molar-refractivity contribution in [3.05, 3.63) is 71.0 Å². The van der Waals surface area contributed by atoms with Gasteiger partial charge in [-0.3, -0.25) is 0 Å². The van der Waals surface area contributed by atoms with Gasteiger partial charge in [0.25, 0.3) is 0 Å². The summed E-state index contributed by atoms with van der Waals surface area (Å²) in [5, 5.41) is 9.86. The van der Waals surface area contributed by atoms with Crippen LogP contribution >= 0.6 is 11.6 Å². The van der Waals surface area contributed by atoms with Crippen LogP contribution in [0.25, 0.3) is 22.4 Å². The summed E-state index contributed by atoms with van der Waals surface area (Å²) in [7, 11) is 0. The van der Waals surface area contributed by atoms with Crippen molar-refractivity contribution in [3.63, 3.8) is 0 Å². The third kappa shape index (κ3) is 2.75. The molecule has 5 heteroatoms. The molecule has 3 rings (SSSR count). The van der Waals surface area contributed by atoms with Crippen molar-refractivity contribution in [1.82, 2.24) is 4.98 Å². The van der Waals surface area contributed by atoms with Gasteiger partial charge >= 0.3 is 0 Å². The number of rotatable bonds is 2. The molecule has 0 atom stereocenters. The minimum atomic E-state index is -0.408. The maximum Gasteiger partial charge on any atom is 0.142 e. The Morgan fingerprint density at radius 1 is 1.00 bits per heavy atom. The van der Waals surface area contributed by atoms with Crippen molar-refractivity contribution < 1.29 is 4.39 Å². The number of aromatic nitrogens is 1. The molecule has 0 spiro atoms. The van der Waals surface area contributed by atoms with E-state index in [-0.39, 0.29) is 11.4 Å². The van der Waals surface area contributed by atoms with E-state index in [0.29, 0.717) is 27.4 Å². The van der Waals surface area contributed by atoms with Crippen molar-refractivity contribution in [2.45, 2.75) is 0 Å². The Kier molecular flexibility index (Phi) is 3.96. The fourth-order valence-electron chi connectivity index (χ4n) is 2.38. The van der Waals surface area contributed by atoms with Gasteiger partial charge < -0.3 is 5.73 Å². The number of nitrogens with zero attached hydrogens (tertiary/aromatic N) is 2. The second-order valence-electron chi connectivity index (χ2n) is 4.89. The molecule has 0 aliphatic rings. The Morgan fingerprint density at radius 3 is 2.30 bits per heavy atom. The van der Waals surface area contributed by atoms with Crippen LogP contribution in [0.4, 0.5) is 10.2 Å². The van der Waals surface area contributed by atoms with Gasteiger partial charge in [-0.15, -0.1) is 0 Å². The van der Waals surface area contributed by atoms with E-state index in [2.05, 4.69) is 4.98 Å². The van der Waals surface area contributed by atoms with Gasteiger partial charge in [-0.05, 0) is 24.3 Å². The summed E-state index contributed by atoms with van der Waals surface area (Å²) >= 11 is 6.22. The lowest BCUT2D eigenvalue weighted by atomic mass is 9.98. The second-order valence-corrected chi connectivity index (χ2v) is 5.29. The maximum atomic E-state index is 14.0. The van der Waals surface area contributed by atoms with Gasteiger partial charge in [0.1, 0.15) is 23.3 Å². The predicted molar refractivity (Wildman–Crippen MR) is 89.2 cm³/mol. The third-order valence-electron chi connectivity index (χ3n) is 3.47. The van der Waals surface area contributed by atoms with Crippen LogP contribution in [0.3, 0.4) is 0 Å². The minimum absolute atomic E-state index is 0.0446. The Labute approximate surface area is 137 Å². The molecular weight excluding hydrogens is 313 g/mol. The molecule has 2 N–H and O–H groups in total. The zero-order valence-electron chi connectivity index (χ0n) is 11.9. The summed E-state index contributed by atoms with van der Waals surface area (Å²) in [6, 6.07) is 17.0. The number of nitrogen functional groups attached to an aromatic ring is 1. The fraction of sp³-hybridized carbons (Fsp3) is 0. The van der Waals surface area contributed by atoms with E-state index in [1.165, 1.54) is 6.07 Å². The summed E-state index contributed by atoms with van der Waals surface area (Å²) in [4.78, 5) is 4.16. The molecule has 1 aromatic heterocycles. The average Bonchev–Trinajstić information content (AvgIpc) is 2.55. The second kappa shape index (κ2) is 6.07. The van der Waals surface area contributed by atoms with E-state index in [4.69, 9.17) is 17.3 Å². The van der Waals surface area contributed by atoms with Gasteiger partial charge in [-0.2, -0.15) is 5.26 Å². The van der Waals surface area contributed by atoms with Crippen LogP contribution < -0.4 is 5.73 Å². The van der Waals surface area contributed by atoms with Crippen molar-refractivity contribution in [2.24, 2.45) is 0 Å². The Bertz CT molecular complexity index is 932. The molecule has 3 aromatic rings. The molecule has 0 aliphatic carbocycles. The van der Waals surface area contributed by atoms with Crippen LogP contribution in [-0.4, -0.2) is 4.98 Å². The Morgan fingerprint density at radius 2 is 1.65 bits per heavy atom. The van der Waals surface area contributed by atoms with E-state index in [1.54, 1.807) is 42.5 Å². The molecule has 0 bridgehead atoms. The van der Waals surface area contributed by atoms with Gasteiger partial charge in [0.2, 0.25) is 0 Å². The largest absolute Gasteiger partial charge is 0.383 e.